The summed E-state index contributed by atoms with van der Waals surface area (Å²) in [5.41, 5.74) is 2.27. The number of rotatable bonds is 5. The van der Waals surface area contributed by atoms with Crippen molar-refractivity contribution in [3.05, 3.63) is 17.0 Å². The molecular weight excluding hydrogens is 200 g/mol. The first-order valence-electron chi connectivity index (χ1n) is 6.09. The van der Waals surface area contributed by atoms with Crippen molar-refractivity contribution in [3.8, 4) is 0 Å². The number of hydrogen-bond acceptors (Lipinski definition) is 3. The molecule has 0 saturated heterocycles. The molecular formula is C13H24N2O. The molecule has 1 heterocycles. The van der Waals surface area contributed by atoms with Crippen molar-refractivity contribution in [2.45, 2.75) is 53.5 Å². The fourth-order valence-electron chi connectivity index (χ4n) is 1.89. The molecule has 0 radical (unpaired) electrons. The molecule has 0 fully saturated rings. The molecule has 3 nitrogen and oxygen atoms in total. The quantitative estimate of drug-likeness (QED) is 0.835. The fourth-order valence-corrected chi connectivity index (χ4v) is 1.89. The van der Waals surface area contributed by atoms with Gasteiger partial charge in [0.2, 0.25) is 0 Å². The molecule has 2 atom stereocenters. The molecule has 3 heteroatoms. The zero-order chi connectivity index (χ0) is 12.3. The molecule has 0 aliphatic rings. The van der Waals surface area contributed by atoms with Crippen LogP contribution in [0, 0.1) is 19.8 Å². The van der Waals surface area contributed by atoms with Crippen molar-refractivity contribution in [2.24, 2.45) is 5.92 Å². The van der Waals surface area contributed by atoms with Crippen LogP contribution in [-0.4, -0.2) is 17.7 Å². The minimum atomic E-state index is 0.451. The van der Waals surface area contributed by atoms with Crippen molar-refractivity contribution in [2.75, 3.05) is 6.54 Å². The second-order valence-corrected chi connectivity index (χ2v) is 5.08. The predicted molar refractivity (Wildman–Crippen MR) is 66.7 cm³/mol. The van der Waals surface area contributed by atoms with Gasteiger partial charge in [0.1, 0.15) is 5.76 Å². The summed E-state index contributed by atoms with van der Waals surface area (Å²) < 4.78 is 5.19. The summed E-state index contributed by atoms with van der Waals surface area (Å²) >= 11 is 0. The maximum Gasteiger partial charge on any atom is 0.137 e. The van der Waals surface area contributed by atoms with Gasteiger partial charge in [-0.1, -0.05) is 25.9 Å². The number of nitrogens with one attached hydrogen (secondary N) is 1. The minimum absolute atomic E-state index is 0.451. The molecule has 1 aromatic rings. The molecule has 2 unspecified atom stereocenters. The van der Waals surface area contributed by atoms with Crippen LogP contribution in [0.15, 0.2) is 4.52 Å². The fraction of sp³-hybridized carbons (Fsp3) is 0.769. The van der Waals surface area contributed by atoms with Crippen LogP contribution in [0.4, 0.5) is 0 Å². The van der Waals surface area contributed by atoms with Gasteiger partial charge in [-0.25, -0.2) is 0 Å². The molecule has 0 aromatic carbocycles. The van der Waals surface area contributed by atoms with Gasteiger partial charge in [0.25, 0.3) is 0 Å². The van der Waals surface area contributed by atoms with Crippen LogP contribution in [0.3, 0.4) is 0 Å². The van der Waals surface area contributed by atoms with E-state index in [0.717, 1.165) is 18.0 Å². The lowest BCUT2D eigenvalue weighted by atomic mass is 9.98. The van der Waals surface area contributed by atoms with Crippen molar-refractivity contribution in [1.29, 1.82) is 0 Å². The third-order valence-corrected chi connectivity index (χ3v) is 3.33. The SMILES string of the molecule is Cc1noc(C)c1C(C)CNC(C)C(C)C. The highest BCUT2D eigenvalue weighted by Crippen LogP contribution is 2.22. The molecule has 0 spiro atoms. The molecule has 1 rings (SSSR count). The Kier molecular flexibility index (Phi) is 4.54. The normalized spacial score (nSPS) is 15.4. The Hall–Kier alpha value is -0.830. The second kappa shape index (κ2) is 5.48. The van der Waals surface area contributed by atoms with E-state index < -0.39 is 0 Å². The number of aryl methyl sites for hydroxylation is 2. The third kappa shape index (κ3) is 3.08. The highest BCUT2D eigenvalue weighted by Gasteiger charge is 2.17. The molecule has 92 valence electrons. The molecule has 0 bridgehead atoms. The number of aromatic nitrogens is 1. The monoisotopic (exact) mass is 224 g/mol. The van der Waals surface area contributed by atoms with E-state index in [1.54, 1.807) is 0 Å². The first-order valence-corrected chi connectivity index (χ1v) is 6.09. The lowest BCUT2D eigenvalue weighted by Gasteiger charge is -2.20. The Labute approximate surface area is 98.6 Å². The van der Waals surface area contributed by atoms with Gasteiger partial charge in [0.05, 0.1) is 5.69 Å². The van der Waals surface area contributed by atoms with Crippen LogP contribution in [-0.2, 0) is 0 Å². The van der Waals surface area contributed by atoms with Gasteiger partial charge >= 0.3 is 0 Å². The molecule has 1 N–H and O–H groups in total. The smallest absolute Gasteiger partial charge is 0.137 e. The van der Waals surface area contributed by atoms with E-state index in [1.165, 1.54) is 5.56 Å². The van der Waals surface area contributed by atoms with Gasteiger partial charge < -0.3 is 9.84 Å². The predicted octanol–water partition coefficient (Wildman–Crippen LogP) is 3.03. The molecule has 0 amide bonds. The van der Waals surface area contributed by atoms with E-state index in [2.05, 4.69) is 38.2 Å². The van der Waals surface area contributed by atoms with E-state index in [9.17, 15) is 0 Å². The molecule has 0 saturated carbocycles. The molecule has 16 heavy (non-hydrogen) atoms. The summed E-state index contributed by atoms with van der Waals surface area (Å²) in [7, 11) is 0. The lowest BCUT2D eigenvalue weighted by Crippen LogP contribution is -2.33. The van der Waals surface area contributed by atoms with E-state index in [4.69, 9.17) is 4.52 Å². The first kappa shape index (κ1) is 13.2. The van der Waals surface area contributed by atoms with Crippen LogP contribution in [0.25, 0.3) is 0 Å². The van der Waals surface area contributed by atoms with Crippen LogP contribution < -0.4 is 5.32 Å². The summed E-state index contributed by atoms with van der Waals surface area (Å²) in [6.07, 6.45) is 0. The third-order valence-electron chi connectivity index (χ3n) is 3.33. The summed E-state index contributed by atoms with van der Waals surface area (Å²) in [5, 5.41) is 7.55. The summed E-state index contributed by atoms with van der Waals surface area (Å²) in [4.78, 5) is 0. The van der Waals surface area contributed by atoms with Gasteiger partial charge in [-0.3, -0.25) is 0 Å². The van der Waals surface area contributed by atoms with E-state index in [1.807, 2.05) is 13.8 Å². The highest BCUT2D eigenvalue weighted by molar-refractivity contribution is 5.25. The topological polar surface area (TPSA) is 38.1 Å². The van der Waals surface area contributed by atoms with Crippen molar-refractivity contribution in [1.82, 2.24) is 10.5 Å². The van der Waals surface area contributed by atoms with Gasteiger partial charge in [0.15, 0.2) is 0 Å². The first-order chi connectivity index (χ1) is 7.43. The van der Waals surface area contributed by atoms with Crippen LogP contribution in [0.5, 0.6) is 0 Å². The summed E-state index contributed by atoms with van der Waals surface area (Å²) in [6.45, 7) is 13.9. The Morgan fingerprint density at radius 3 is 2.25 bits per heavy atom. The molecule has 0 aliphatic carbocycles. The van der Waals surface area contributed by atoms with E-state index in [0.29, 0.717) is 17.9 Å². The van der Waals surface area contributed by atoms with Crippen LogP contribution in [0.1, 0.15) is 50.6 Å². The largest absolute Gasteiger partial charge is 0.361 e. The standard InChI is InChI=1S/C13H24N2O/c1-8(2)10(4)14-7-9(3)13-11(5)15-16-12(13)6/h8-10,14H,7H2,1-6H3. The Morgan fingerprint density at radius 1 is 1.19 bits per heavy atom. The van der Waals surface area contributed by atoms with Gasteiger partial charge in [-0.05, 0) is 32.6 Å². The van der Waals surface area contributed by atoms with Crippen LogP contribution >= 0.6 is 0 Å². The maximum absolute atomic E-state index is 5.19. The maximum atomic E-state index is 5.19. The zero-order valence-corrected chi connectivity index (χ0v) is 11.3. The van der Waals surface area contributed by atoms with Gasteiger partial charge in [0, 0.05) is 18.2 Å². The zero-order valence-electron chi connectivity index (χ0n) is 11.3. The van der Waals surface area contributed by atoms with Gasteiger partial charge in [-0.15, -0.1) is 0 Å². The van der Waals surface area contributed by atoms with E-state index >= 15 is 0 Å². The molecule has 0 aliphatic heterocycles. The highest BCUT2D eigenvalue weighted by atomic mass is 16.5. The summed E-state index contributed by atoms with van der Waals surface area (Å²) in [6, 6.07) is 0.544. The van der Waals surface area contributed by atoms with Gasteiger partial charge in [-0.2, -0.15) is 0 Å². The van der Waals surface area contributed by atoms with E-state index in [-0.39, 0.29) is 0 Å². The number of hydrogen-bond donors (Lipinski definition) is 1. The Bertz CT molecular complexity index is 311. The Balaban J connectivity index is 2.56. The lowest BCUT2D eigenvalue weighted by molar-refractivity contribution is 0.389. The van der Waals surface area contributed by atoms with Crippen molar-refractivity contribution >= 4 is 0 Å². The van der Waals surface area contributed by atoms with Crippen molar-refractivity contribution in [3.63, 3.8) is 0 Å². The summed E-state index contributed by atoms with van der Waals surface area (Å²) in [5.74, 6) is 2.06. The minimum Gasteiger partial charge on any atom is -0.361 e. The number of nitrogens with zero attached hydrogens (tertiary/aromatic N) is 1. The van der Waals surface area contributed by atoms with Crippen molar-refractivity contribution < 1.29 is 4.52 Å². The Morgan fingerprint density at radius 2 is 1.81 bits per heavy atom. The average molecular weight is 224 g/mol. The molecule has 1 aromatic heterocycles. The van der Waals surface area contributed by atoms with Crippen LogP contribution in [0.2, 0.25) is 0 Å². The second-order valence-electron chi connectivity index (χ2n) is 5.08. The average Bonchev–Trinajstić information content (AvgIpc) is 2.54.